The molecular weight excluding hydrogens is 355 g/mol. The Morgan fingerprint density at radius 2 is 1.87 bits per heavy atom. The Hall–Kier alpha value is -0.180. The second-order valence-corrected chi connectivity index (χ2v) is 3.92. The van der Waals surface area contributed by atoms with Gasteiger partial charge in [-0.1, -0.05) is 11.6 Å². The van der Waals surface area contributed by atoms with Crippen LogP contribution in [0.15, 0.2) is 6.07 Å². The van der Waals surface area contributed by atoms with Crippen molar-refractivity contribution in [1.82, 2.24) is 4.98 Å². The lowest BCUT2D eigenvalue weighted by atomic mass is 10.2. The van der Waals surface area contributed by atoms with Gasteiger partial charge in [0, 0.05) is 0 Å². The van der Waals surface area contributed by atoms with Crippen LogP contribution in [0.4, 0.5) is 22.0 Å². The summed E-state index contributed by atoms with van der Waals surface area (Å²) < 4.78 is 60.7. The average Bonchev–Trinajstić information content (AvgIpc) is 1.99. The predicted molar refractivity (Wildman–Crippen MR) is 51.9 cm³/mol. The number of hydrogen-bond donors (Lipinski definition) is 0. The van der Waals surface area contributed by atoms with Crippen LogP contribution < -0.4 is 0 Å². The van der Waals surface area contributed by atoms with Crippen LogP contribution in [0, 0.1) is 3.70 Å². The topological polar surface area (TPSA) is 12.9 Å². The smallest absolute Gasteiger partial charge is 0.237 e. The first-order valence-corrected chi connectivity index (χ1v) is 4.90. The highest BCUT2D eigenvalue weighted by atomic mass is 127. The monoisotopic (exact) mass is 357 g/mol. The maximum absolute atomic E-state index is 12.3. The van der Waals surface area contributed by atoms with E-state index in [2.05, 4.69) is 4.98 Å². The van der Waals surface area contributed by atoms with Crippen molar-refractivity contribution in [3.8, 4) is 0 Å². The van der Waals surface area contributed by atoms with E-state index in [4.69, 9.17) is 11.6 Å². The molecule has 8 heteroatoms. The number of pyridine rings is 1. The maximum atomic E-state index is 12.3. The number of hydrogen-bond acceptors (Lipinski definition) is 1. The van der Waals surface area contributed by atoms with E-state index in [1.807, 2.05) is 0 Å². The molecule has 0 aliphatic rings. The summed E-state index contributed by atoms with van der Waals surface area (Å²) in [5.41, 5.74) is -1.95. The van der Waals surface area contributed by atoms with Gasteiger partial charge < -0.3 is 0 Å². The van der Waals surface area contributed by atoms with E-state index in [1.54, 1.807) is 0 Å². The molecule has 0 aliphatic heterocycles. The third kappa shape index (κ3) is 2.90. The second kappa shape index (κ2) is 4.36. The third-order valence-corrected chi connectivity index (χ3v) is 2.61. The minimum atomic E-state index is -4.69. The Bertz CT molecular complexity index is 355. The van der Waals surface area contributed by atoms with Gasteiger partial charge in [-0.25, -0.2) is 13.8 Å². The van der Waals surface area contributed by atoms with E-state index in [0.29, 0.717) is 6.07 Å². The number of halogens is 7. The van der Waals surface area contributed by atoms with Crippen LogP contribution in [0.2, 0.25) is 5.02 Å². The molecule has 1 aromatic rings. The van der Waals surface area contributed by atoms with E-state index in [-0.39, 0.29) is 0 Å². The molecule has 0 bridgehead atoms. The van der Waals surface area contributed by atoms with Crippen molar-refractivity contribution in [2.24, 2.45) is 0 Å². The fourth-order valence-corrected chi connectivity index (χ4v) is 2.05. The molecule has 0 N–H and O–H groups in total. The molecule has 0 aliphatic carbocycles. The first-order valence-electron chi connectivity index (χ1n) is 3.44. The molecule has 0 amide bonds. The highest BCUT2D eigenvalue weighted by molar-refractivity contribution is 14.1. The van der Waals surface area contributed by atoms with Gasteiger partial charge in [0.1, 0.15) is 9.39 Å². The van der Waals surface area contributed by atoms with Crippen LogP contribution in [0.5, 0.6) is 0 Å². The van der Waals surface area contributed by atoms with Crippen molar-refractivity contribution >= 4 is 34.2 Å². The molecule has 0 radical (unpaired) electrons. The number of rotatable bonds is 1. The molecule has 15 heavy (non-hydrogen) atoms. The fraction of sp³-hybridized carbons (Fsp3) is 0.286. The molecule has 0 atom stereocenters. The first kappa shape index (κ1) is 12.9. The summed E-state index contributed by atoms with van der Waals surface area (Å²) in [6.07, 6.45) is -7.64. The van der Waals surface area contributed by atoms with E-state index >= 15 is 0 Å². The SMILES string of the molecule is FC(F)c1c(Cl)cc(C(F)(F)F)nc1I. The molecule has 0 fully saturated rings. The van der Waals surface area contributed by atoms with E-state index in [1.165, 1.54) is 22.6 Å². The quantitative estimate of drug-likeness (QED) is 0.415. The van der Waals surface area contributed by atoms with Gasteiger partial charge in [0.05, 0.1) is 10.6 Å². The summed E-state index contributed by atoms with van der Waals surface area (Å²) in [7, 11) is 0. The largest absolute Gasteiger partial charge is 0.433 e. The summed E-state index contributed by atoms with van der Waals surface area (Å²) in [5.74, 6) is 0. The molecule has 1 rings (SSSR count). The lowest BCUT2D eigenvalue weighted by Gasteiger charge is -2.10. The van der Waals surface area contributed by atoms with Crippen molar-refractivity contribution in [1.29, 1.82) is 0 Å². The minimum absolute atomic E-state index is 0.394. The number of aromatic nitrogens is 1. The summed E-state index contributed by atoms with van der Waals surface area (Å²) >= 11 is 6.60. The molecule has 84 valence electrons. The zero-order chi connectivity index (χ0) is 11.8. The van der Waals surface area contributed by atoms with Crippen LogP contribution >= 0.6 is 34.2 Å². The van der Waals surface area contributed by atoms with E-state index in [0.717, 1.165) is 0 Å². The van der Waals surface area contributed by atoms with Crippen molar-refractivity contribution in [3.63, 3.8) is 0 Å². The second-order valence-electron chi connectivity index (χ2n) is 2.49. The van der Waals surface area contributed by atoms with Crippen LogP contribution in [-0.4, -0.2) is 4.98 Å². The normalized spacial score (nSPS) is 12.3. The molecule has 0 aromatic carbocycles. The third-order valence-electron chi connectivity index (χ3n) is 1.47. The standard InChI is InChI=1S/C7H2ClF5IN/c8-2-1-3(7(11,12)13)15-6(14)4(2)5(9)10/h1,5H. The minimum Gasteiger partial charge on any atom is -0.237 e. The Balaban J connectivity index is 3.32. The zero-order valence-corrected chi connectivity index (χ0v) is 9.66. The molecule has 1 nitrogen and oxygen atoms in total. The maximum Gasteiger partial charge on any atom is 0.433 e. The highest BCUT2D eigenvalue weighted by Crippen LogP contribution is 2.35. The van der Waals surface area contributed by atoms with E-state index < -0.39 is 32.6 Å². The molecule has 0 spiro atoms. The van der Waals surface area contributed by atoms with Crippen molar-refractivity contribution in [2.45, 2.75) is 12.6 Å². The van der Waals surface area contributed by atoms with Gasteiger partial charge in [-0.3, -0.25) is 0 Å². The number of nitrogens with zero attached hydrogens (tertiary/aromatic N) is 1. The van der Waals surface area contributed by atoms with Gasteiger partial charge in [-0.2, -0.15) is 13.2 Å². The average molecular weight is 357 g/mol. The van der Waals surface area contributed by atoms with Crippen molar-refractivity contribution in [3.05, 3.63) is 26.0 Å². The zero-order valence-electron chi connectivity index (χ0n) is 6.75. The van der Waals surface area contributed by atoms with Crippen molar-refractivity contribution < 1.29 is 22.0 Å². The van der Waals surface area contributed by atoms with Crippen LogP contribution in [0.3, 0.4) is 0 Å². The van der Waals surface area contributed by atoms with Crippen molar-refractivity contribution in [2.75, 3.05) is 0 Å². The van der Waals surface area contributed by atoms with Crippen LogP contribution in [0.1, 0.15) is 17.7 Å². The molecule has 1 aromatic heterocycles. The fourth-order valence-electron chi connectivity index (χ4n) is 0.834. The van der Waals surface area contributed by atoms with Crippen LogP contribution in [-0.2, 0) is 6.18 Å². The first-order chi connectivity index (χ1) is 6.73. The lowest BCUT2D eigenvalue weighted by molar-refractivity contribution is -0.141. The Morgan fingerprint density at radius 3 is 2.20 bits per heavy atom. The summed E-state index contributed by atoms with van der Waals surface area (Å²) in [6.45, 7) is 0. The Morgan fingerprint density at radius 1 is 1.33 bits per heavy atom. The van der Waals surface area contributed by atoms with E-state index in [9.17, 15) is 22.0 Å². The summed E-state index contributed by atoms with van der Waals surface area (Å²) in [5, 5.41) is -0.628. The molecule has 0 saturated carbocycles. The summed E-state index contributed by atoms with van der Waals surface area (Å²) in [4.78, 5) is 3.02. The molecule has 0 unspecified atom stereocenters. The Labute approximate surface area is 99.8 Å². The summed E-state index contributed by atoms with van der Waals surface area (Å²) in [6, 6.07) is 0.394. The van der Waals surface area contributed by atoms with Gasteiger partial charge in [0.2, 0.25) is 0 Å². The predicted octanol–water partition coefficient (Wildman–Crippen LogP) is 4.30. The number of alkyl halides is 5. The lowest BCUT2D eigenvalue weighted by Crippen LogP contribution is -2.10. The molecule has 0 saturated heterocycles. The van der Waals surface area contributed by atoms with Gasteiger partial charge in [-0.15, -0.1) is 0 Å². The van der Waals surface area contributed by atoms with Gasteiger partial charge >= 0.3 is 6.18 Å². The Kier molecular flexibility index (Phi) is 3.75. The molecule has 1 heterocycles. The van der Waals surface area contributed by atoms with Gasteiger partial charge in [0.25, 0.3) is 6.43 Å². The molecular formula is C7H2ClF5IN. The highest BCUT2D eigenvalue weighted by Gasteiger charge is 2.34. The van der Waals surface area contributed by atoms with Gasteiger partial charge in [0.15, 0.2) is 0 Å². The van der Waals surface area contributed by atoms with Gasteiger partial charge in [-0.05, 0) is 28.7 Å². The van der Waals surface area contributed by atoms with Crippen LogP contribution in [0.25, 0.3) is 0 Å².